The van der Waals surface area contributed by atoms with Crippen molar-refractivity contribution in [3.63, 3.8) is 0 Å². The average molecular weight is 479 g/mol. The lowest BCUT2D eigenvalue weighted by Crippen LogP contribution is -2.02. The van der Waals surface area contributed by atoms with E-state index in [1.165, 1.54) is 21.8 Å². The van der Waals surface area contributed by atoms with Gasteiger partial charge in [-0.25, -0.2) is 15.0 Å². The zero-order chi connectivity index (χ0) is 25.2. The van der Waals surface area contributed by atoms with Crippen molar-refractivity contribution in [1.82, 2.24) is 19.5 Å². The van der Waals surface area contributed by atoms with E-state index >= 15 is 0 Å². The van der Waals surface area contributed by atoms with Crippen LogP contribution in [0.25, 0.3) is 55.8 Å². The van der Waals surface area contributed by atoms with Crippen molar-refractivity contribution >= 4 is 27.4 Å². The van der Waals surface area contributed by atoms with Gasteiger partial charge in [-0.2, -0.15) is 0 Å². The molecule has 2 aromatic heterocycles. The van der Waals surface area contributed by atoms with E-state index in [1.54, 1.807) is 0 Å². The Labute approximate surface area is 216 Å². The van der Waals surface area contributed by atoms with Gasteiger partial charge < -0.3 is 4.57 Å². The van der Waals surface area contributed by atoms with Crippen LogP contribution in [0.1, 0.15) is 19.7 Å². The van der Waals surface area contributed by atoms with E-state index in [1.807, 2.05) is 62.4 Å². The Kier molecular flexibility index (Phi) is 5.91. The van der Waals surface area contributed by atoms with Gasteiger partial charge in [-0.05, 0) is 50.2 Å². The molecule has 0 aliphatic heterocycles. The van der Waals surface area contributed by atoms with Crippen molar-refractivity contribution in [2.24, 2.45) is 0 Å². The first-order valence-electron chi connectivity index (χ1n) is 12.5. The Morgan fingerprint density at radius 1 is 0.595 bits per heavy atom. The Hall–Kier alpha value is -4.83. The van der Waals surface area contributed by atoms with E-state index in [9.17, 15) is 0 Å². The monoisotopic (exact) mass is 478 g/mol. The molecule has 6 aromatic rings. The van der Waals surface area contributed by atoms with E-state index in [0.717, 1.165) is 22.4 Å². The van der Waals surface area contributed by atoms with Crippen molar-refractivity contribution in [3.8, 4) is 28.5 Å². The summed E-state index contributed by atoms with van der Waals surface area (Å²) in [4.78, 5) is 14.5. The molecular formula is C33H26N4. The van der Waals surface area contributed by atoms with Gasteiger partial charge in [-0.15, -0.1) is 0 Å². The fraction of sp³-hybridized carbons (Fsp3) is 0.0606. The fourth-order valence-electron chi connectivity index (χ4n) is 4.79. The van der Waals surface area contributed by atoms with Crippen LogP contribution in [0.2, 0.25) is 0 Å². The molecule has 0 fully saturated rings. The number of hydrogen-bond donors (Lipinski definition) is 0. The topological polar surface area (TPSA) is 43.6 Å². The first-order chi connectivity index (χ1) is 18.3. The minimum atomic E-state index is 0.654. The van der Waals surface area contributed by atoms with Crippen molar-refractivity contribution in [2.75, 3.05) is 0 Å². The fourth-order valence-corrected chi connectivity index (χ4v) is 4.79. The maximum Gasteiger partial charge on any atom is 0.164 e. The van der Waals surface area contributed by atoms with Gasteiger partial charge in [0.25, 0.3) is 0 Å². The molecule has 0 saturated heterocycles. The van der Waals surface area contributed by atoms with Crippen LogP contribution in [0, 0.1) is 0 Å². The molecule has 4 aromatic carbocycles. The number of aromatic nitrogens is 4. The Morgan fingerprint density at radius 3 is 1.70 bits per heavy atom. The van der Waals surface area contributed by atoms with Gasteiger partial charge in [0.15, 0.2) is 17.5 Å². The zero-order valence-electron chi connectivity index (χ0n) is 20.8. The van der Waals surface area contributed by atoms with E-state index in [4.69, 9.17) is 15.0 Å². The molecule has 0 atom stereocenters. The lowest BCUT2D eigenvalue weighted by molar-refractivity contribution is 1.04. The highest BCUT2D eigenvalue weighted by Gasteiger charge is 2.14. The number of fused-ring (bicyclic) bond motifs is 3. The molecule has 0 radical (unpaired) electrons. The summed E-state index contributed by atoms with van der Waals surface area (Å²) in [7, 11) is 0. The molecule has 0 unspecified atom stereocenters. The van der Waals surface area contributed by atoms with Crippen LogP contribution in [-0.2, 0) is 0 Å². The highest BCUT2D eigenvalue weighted by molar-refractivity contribution is 6.09. The summed E-state index contributed by atoms with van der Waals surface area (Å²) in [6.45, 7) is 4.00. The van der Waals surface area contributed by atoms with E-state index in [0.29, 0.717) is 17.5 Å². The summed E-state index contributed by atoms with van der Waals surface area (Å²) in [5, 5.41) is 2.50. The first kappa shape index (κ1) is 22.6. The quantitative estimate of drug-likeness (QED) is 0.234. The van der Waals surface area contributed by atoms with Crippen LogP contribution in [0.4, 0.5) is 0 Å². The molecule has 2 heterocycles. The SMILES string of the molecule is C/C=C\C(=C/C)c1nc(-c2ccccc2)nc(-c2ccc(-n3c4ccccc4c4ccccc43)cc2)n1. The Morgan fingerprint density at radius 2 is 1.14 bits per heavy atom. The molecule has 0 aliphatic rings. The van der Waals surface area contributed by atoms with Crippen LogP contribution in [0.15, 0.2) is 121 Å². The number of benzene rings is 4. The lowest BCUT2D eigenvalue weighted by Gasteiger charge is -2.11. The smallest absolute Gasteiger partial charge is 0.164 e. The highest BCUT2D eigenvalue weighted by atomic mass is 15.0. The average Bonchev–Trinajstić information content (AvgIpc) is 3.31. The van der Waals surface area contributed by atoms with Gasteiger partial charge in [-0.1, -0.05) is 85.0 Å². The molecular weight excluding hydrogens is 452 g/mol. The predicted octanol–water partition coefficient (Wildman–Crippen LogP) is 8.28. The van der Waals surface area contributed by atoms with Gasteiger partial charge in [-0.3, -0.25) is 0 Å². The van der Waals surface area contributed by atoms with Crippen molar-refractivity contribution in [1.29, 1.82) is 0 Å². The minimum absolute atomic E-state index is 0.654. The van der Waals surface area contributed by atoms with Crippen molar-refractivity contribution in [3.05, 3.63) is 127 Å². The van der Waals surface area contributed by atoms with Gasteiger partial charge in [0.1, 0.15) is 0 Å². The van der Waals surface area contributed by atoms with Gasteiger partial charge >= 0.3 is 0 Å². The van der Waals surface area contributed by atoms with Gasteiger partial charge in [0.2, 0.25) is 0 Å². The van der Waals surface area contributed by atoms with Gasteiger partial charge in [0, 0.05) is 33.2 Å². The van der Waals surface area contributed by atoms with Crippen LogP contribution in [0.3, 0.4) is 0 Å². The lowest BCUT2D eigenvalue weighted by atomic mass is 10.1. The predicted molar refractivity (Wildman–Crippen MR) is 154 cm³/mol. The summed E-state index contributed by atoms with van der Waals surface area (Å²) >= 11 is 0. The third-order valence-corrected chi connectivity index (χ3v) is 6.55. The van der Waals surface area contributed by atoms with Crippen molar-refractivity contribution in [2.45, 2.75) is 13.8 Å². The number of rotatable bonds is 5. The minimum Gasteiger partial charge on any atom is -0.309 e. The molecule has 0 bridgehead atoms. The number of hydrogen-bond acceptors (Lipinski definition) is 3. The third kappa shape index (κ3) is 4.13. The summed E-state index contributed by atoms with van der Waals surface area (Å²) in [6.07, 6.45) is 6.06. The van der Waals surface area contributed by atoms with Gasteiger partial charge in [0.05, 0.1) is 11.0 Å². The molecule has 0 spiro atoms. The van der Waals surface area contributed by atoms with Crippen LogP contribution in [-0.4, -0.2) is 19.5 Å². The summed E-state index contributed by atoms with van der Waals surface area (Å²) in [5.74, 6) is 1.98. The normalized spacial score (nSPS) is 12.1. The largest absolute Gasteiger partial charge is 0.309 e. The second-order valence-corrected chi connectivity index (χ2v) is 8.83. The standard InChI is InChI=1S/C33H26N4/c1-3-12-23(4-2)31-34-32(24-13-6-5-7-14-24)36-33(35-31)25-19-21-26(22-20-25)37-29-17-10-8-15-27(29)28-16-9-11-18-30(28)37/h3-22H,1-2H3/b12-3-,23-4+. The molecule has 0 amide bonds. The molecule has 0 aliphatic carbocycles. The summed E-state index contributed by atoms with van der Waals surface area (Å²) in [5.41, 5.74) is 6.35. The van der Waals surface area contributed by atoms with Crippen LogP contribution >= 0.6 is 0 Å². The number of nitrogens with zero attached hydrogens (tertiary/aromatic N) is 4. The Bertz CT molecular complexity index is 1720. The van der Waals surface area contributed by atoms with E-state index in [2.05, 4.69) is 77.4 Å². The summed E-state index contributed by atoms with van der Waals surface area (Å²) in [6, 6.07) is 35.6. The summed E-state index contributed by atoms with van der Waals surface area (Å²) < 4.78 is 2.31. The van der Waals surface area contributed by atoms with E-state index in [-0.39, 0.29) is 0 Å². The van der Waals surface area contributed by atoms with E-state index < -0.39 is 0 Å². The third-order valence-electron chi connectivity index (χ3n) is 6.55. The molecule has 37 heavy (non-hydrogen) atoms. The first-order valence-corrected chi connectivity index (χ1v) is 12.5. The van der Waals surface area contributed by atoms with Crippen LogP contribution in [0.5, 0.6) is 0 Å². The number of allylic oxidation sites excluding steroid dienone is 4. The molecule has 0 saturated carbocycles. The zero-order valence-corrected chi connectivity index (χ0v) is 20.8. The molecule has 0 N–H and O–H groups in total. The number of para-hydroxylation sites is 2. The second-order valence-electron chi connectivity index (χ2n) is 8.83. The van der Waals surface area contributed by atoms with Crippen LogP contribution < -0.4 is 0 Å². The second kappa shape index (κ2) is 9.67. The maximum atomic E-state index is 4.86. The highest BCUT2D eigenvalue weighted by Crippen LogP contribution is 2.32. The molecule has 4 heteroatoms. The molecule has 4 nitrogen and oxygen atoms in total. The molecule has 6 rings (SSSR count). The Balaban J connectivity index is 1.49. The maximum absolute atomic E-state index is 4.86. The van der Waals surface area contributed by atoms with Crippen molar-refractivity contribution < 1.29 is 0 Å². The molecule has 178 valence electrons.